The Morgan fingerprint density at radius 3 is 2.59 bits per heavy atom. The standard InChI is InChI=1S/C21H32N2O3S/c1-21(2,3)26-20(25)23-12-6-10-16(14-23)19(24)22-18(15-8-4-5-9-15)17-11-7-13-27-17/h7,11,13,15-16,18H,4-6,8-10,12,14H2,1-3H3,(H,22,24)/t16-,18-/m0/s1. The number of thiophene rings is 1. The van der Waals surface area contributed by atoms with E-state index in [0.717, 1.165) is 12.8 Å². The number of nitrogens with one attached hydrogen (secondary N) is 1. The molecule has 1 aromatic heterocycles. The first-order chi connectivity index (χ1) is 12.8. The fourth-order valence-electron chi connectivity index (χ4n) is 4.13. The van der Waals surface area contributed by atoms with Gasteiger partial charge in [-0.3, -0.25) is 4.79 Å². The van der Waals surface area contributed by atoms with Crippen LogP contribution in [0.4, 0.5) is 4.79 Å². The number of ether oxygens (including phenoxy) is 1. The zero-order chi connectivity index (χ0) is 19.4. The van der Waals surface area contributed by atoms with Crippen LogP contribution in [0.3, 0.4) is 0 Å². The molecule has 1 saturated carbocycles. The van der Waals surface area contributed by atoms with Crippen LogP contribution in [0.25, 0.3) is 0 Å². The van der Waals surface area contributed by atoms with Crippen molar-refractivity contribution in [1.82, 2.24) is 10.2 Å². The molecule has 2 atom stereocenters. The van der Waals surface area contributed by atoms with Gasteiger partial charge in [0.25, 0.3) is 0 Å². The number of nitrogens with zero attached hydrogens (tertiary/aromatic N) is 1. The molecule has 1 N–H and O–H groups in total. The third-order valence-corrected chi connectivity index (χ3v) is 6.42. The van der Waals surface area contributed by atoms with Gasteiger partial charge in [-0.25, -0.2) is 4.79 Å². The van der Waals surface area contributed by atoms with Crippen molar-refractivity contribution in [2.24, 2.45) is 11.8 Å². The molecule has 27 heavy (non-hydrogen) atoms. The van der Waals surface area contributed by atoms with Crippen molar-refractivity contribution in [3.63, 3.8) is 0 Å². The molecule has 2 heterocycles. The first-order valence-corrected chi connectivity index (χ1v) is 11.0. The first-order valence-electron chi connectivity index (χ1n) is 10.2. The Balaban J connectivity index is 1.62. The molecule has 1 saturated heterocycles. The molecule has 0 radical (unpaired) electrons. The topological polar surface area (TPSA) is 58.6 Å². The summed E-state index contributed by atoms with van der Waals surface area (Å²) >= 11 is 1.72. The minimum Gasteiger partial charge on any atom is -0.444 e. The van der Waals surface area contributed by atoms with E-state index in [1.165, 1.54) is 30.6 Å². The average molecular weight is 393 g/mol. The molecule has 1 aromatic rings. The monoisotopic (exact) mass is 392 g/mol. The molecular weight excluding hydrogens is 360 g/mol. The highest BCUT2D eigenvalue weighted by atomic mass is 32.1. The van der Waals surface area contributed by atoms with Crippen molar-refractivity contribution >= 4 is 23.3 Å². The lowest BCUT2D eigenvalue weighted by atomic mass is 9.93. The maximum absolute atomic E-state index is 13.0. The fraction of sp³-hybridized carbons (Fsp3) is 0.714. The lowest BCUT2D eigenvalue weighted by Crippen LogP contribution is -2.48. The van der Waals surface area contributed by atoms with Gasteiger partial charge in [0.2, 0.25) is 5.91 Å². The van der Waals surface area contributed by atoms with Gasteiger partial charge in [-0.05, 0) is 63.8 Å². The van der Waals surface area contributed by atoms with Crippen LogP contribution in [0.5, 0.6) is 0 Å². The maximum Gasteiger partial charge on any atom is 0.410 e. The van der Waals surface area contributed by atoms with Gasteiger partial charge in [-0.1, -0.05) is 18.9 Å². The second kappa shape index (κ2) is 8.63. The van der Waals surface area contributed by atoms with Crippen LogP contribution < -0.4 is 5.32 Å². The Labute approximate surface area is 166 Å². The number of hydrogen-bond acceptors (Lipinski definition) is 4. The molecule has 2 amide bonds. The summed E-state index contributed by atoms with van der Waals surface area (Å²) in [5, 5.41) is 5.41. The first kappa shape index (κ1) is 20.2. The van der Waals surface area contributed by atoms with Crippen LogP contribution in [0.15, 0.2) is 17.5 Å². The molecule has 0 spiro atoms. The van der Waals surface area contributed by atoms with Crippen LogP contribution in [0.2, 0.25) is 0 Å². The van der Waals surface area contributed by atoms with E-state index in [1.54, 1.807) is 16.2 Å². The second-order valence-electron chi connectivity index (χ2n) is 8.81. The van der Waals surface area contributed by atoms with Crippen LogP contribution >= 0.6 is 11.3 Å². The van der Waals surface area contributed by atoms with Gasteiger partial charge < -0.3 is 15.0 Å². The van der Waals surface area contributed by atoms with Gasteiger partial charge in [0.15, 0.2) is 0 Å². The van der Waals surface area contributed by atoms with Crippen LogP contribution in [-0.4, -0.2) is 35.6 Å². The molecule has 0 aromatic carbocycles. The van der Waals surface area contributed by atoms with Gasteiger partial charge in [-0.2, -0.15) is 0 Å². The molecule has 150 valence electrons. The van der Waals surface area contributed by atoms with E-state index in [1.807, 2.05) is 20.8 Å². The lowest BCUT2D eigenvalue weighted by molar-refractivity contribution is -0.127. The summed E-state index contributed by atoms with van der Waals surface area (Å²) in [4.78, 5) is 28.3. The quantitative estimate of drug-likeness (QED) is 0.805. The number of piperidine rings is 1. The smallest absolute Gasteiger partial charge is 0.410 e. The van der Waals surface area contributed by atoms with E-state index in [-0.39, 0.29) is 24.0 Å². The van der Waals surface area contributed by atoms with E-state index in [0.29, 0.717) is 19.0 Å². The van der Waals surface area contributed by atoms with Gasteiger partial charge in [0, 0.05) is 18.0 Å². The average Bonchev–Trinajstić information content (AvgIpc) is 3.32. The fourth-order valence-corrected chi connectivity index (χ4v) is 5.00. The predicted octanol–water partition coefficient (Wildman–Crippen LogP) is 4.74. The number of carbonyl (C=O) groups is 2. The van der Waals surface area contributed by atoms with Crippen molar-refractivity contribution in [1.29, 1.82) is 0 Å². The van der Waals surface area contributed by atoms with Gasteiger partial charge in [0.1, 0.15) is 5.60 Å². The Kier molecular flexibility index (Phi) is 6.45. The summed E-state index contributed by atoms with van der Waals surface area (Å²) in [5.41, 5.74) is -0.515. The predicted molar refractivity (Wildman–Crippen MR) is 108 cm³/mol. The van der Waals surface area contributed by atoms with E-state index in [4.69, 9.17) is 4.74 Å². The second-order valence-corrected chi connectivity index (χ2v) is 9.79. The highest BCUT2D eigenvalue weighted by Crippen LogP contribution is 2.37. The third-order valence-electron chi connectivity index (χ3n) is 5.46. The zero-order valence-electron chi connectivity index (χ0n) is 16.7. The third kappa shape index (κ3) is 5.47. The van der Waals surface area contributed by atoms with Crippen molar-refractivity contribution in [2.45, 2.75) is 70.9 Å². The Morgan fingerprint density at radius 1 is 1.22 bits per heavy atom. The Hall–Kier alpha value is -1.56. The van der Waals surface area contributed by atoms with Crippen LogP contribution in [0, 0.1) is 11.8 Å². The number of likely N-dealkylation sites (tertiary alicyclic amines) is 1. The molecule has 6 heteroatoms. The van der Waals surface area contributed by atoms with Crippen molar-refractivity contribution < 1.29 is 14.3 Å². The molecule has 2 fully saturated rings. The number of rotatable bonds is 4. The van der Waals surface area contributed by atoms with Crippen LogP contribution in [0.1, 0.15) is 70.2 Å². The highest BCUT2D eigenvalue weighted by Gasteiger charge is 2.34. The van der Waals surface area contributed by atoms with Crippen molar-refractivity contribution in [3.8, 4) is 0 Å². The summed E-state index contributed by atoms with van der Waals surface area (Å²) in [6.45, 7) is 6.71. The minimum atomic E-state index is -0.515. The molecule has 0 bridgehead atoms. The largest absolute Gasteiger partial charge is 0.444 e. The summed E-state index contributed by atoms with van der Waals surface area (Å²) in [6.07, 6.45) is 6.20. The number of hydrogen-bond donors (Lipinski definition) is 1. The van der Waals surface area contributed by atoms with Gasteiger partial charge in [0.05, 0.1) is 12.0 Å². The van der Waals surface area contributed by atoms with E-state index in [2.05, 4.69) is 22.8 Å². The normalized spacial score (nSPS) is 22.5. The minimum absolute atomic E-state index is 0.0774. The summed E-state index contributed by atoms with van der Waals surface area (Å²) < 4.78 is 5.48. The van der Waals surface area contributed by atoms with E-state index >= 15 is 0 Å². The van der Waals surface area contributed by atoms with Gasteiger partial charge >= 0.3 is 6.09 Å². The molecule has 1 aliphatic heterocycles. The zero-order valence-corrected chi connectivity index (χ0v) is 17.5. The molecule has 3 rings (SSSR count). The summed E-state index contributed by atoms with van der Waals surface area (Å²) in [5.74, 6) is 0.446. The molecule has 0 unspecified atom stereocenters. The number of amides is 2. The molecular formula is C21H32N2O3S. The lowest BCUT2D eigenvalue weighted by Gasteiger charge is -2.34. The maximum atomic E-state index is 13.0. The Bertz CT molecular complexity index is 632. The molecule has 2 aliphatic rings. The highest BCUT2D eigenvalue weighted by molar-refractivity contribution is 7.10. The SMILES string of the molecule is CC(C)(C)OC(=O)N1CCC[C@H](C(=O)N[C@H](c2cccs2)C2CCCC2)C1. The molecule has 1 aliphatic carbocycles. The molecule has 5 nitrogen and oxygen atoms in total. The Morgan fingerprint density at radius 2 is 1.96 bits per heavy atom. The van der Waals surface area contributed by atoms with E-state index in [9.17, 15) is 9.59 Å². The summed E-state index contributed by atoms with van der Waals surface area (Å²) in [7, 11) is 0. The van der Waals surface area contributed by atoms with Crippen molar-refractivity contribution in [3.05, 3.63) is 22.4 Å². The van der Waals surface area contributed by atoms with Gasteiger partial charge in [-0.15, -0.1) is 11.3 Å². The van der Waals surface area contributed by atoms with Crippen LogP contribution in [-0.2, 0) is 9.53 Å². The number of carbonyl (C=O) groups excluding carboxylic acids is 2. The summed E-state index contributed by atoms with van der Waals surface area (Å²) in [6, 6.07) is 4.29. The van der Waals surface area contributed by atoms with Crippen molar-refractivity contribution in [2.75, 3.05) is 13.1 Å². The van der Waals surface area contributed by atoms with E-state index < -0.39 is 5.60 Å².